The number of sulfonamides is 1. The lowest BCUT2D eigenvalue weighted by Crippen LogP contribution is -2.37. The molecule has 2 aliphatic rings. The fraction of sp³-hybridized carbons (Fsp3) is 0.286. The lowest BCUT2D eigenvalue weighted by Gasteiger charge is -2.26. The number of nitrogens with zero attached hydrogens (tertiary/aromatic N) is 3. The summed E-state index contributed by atoms with van der Waals surface area (Å²) in [5, 5.41) is 5.23. The molecule has 0 bridgehead atoms. The molecule has 156 valence electrons. The molecule has 1 aromatic heterocycles. The highest BCUT2D eigenvalue weighted by atomic mass is 32.2. The standard InChI is InChI=1S/C21H22N4O3S2/c1-21(2,3)16-7-4-14(5-8-16)17-13-29-20(22-17)23-19(26)15-6-9-18-24-30(27,28)11-10-25(18)12-15/h4-9,12-13H,10-11H2,1-3H3,(H,22,23,26). The average Bonchev–Trinajstić information content (AvgIpc) is 3.15. The number of hydrogen-bond donors (Lipinski definition) is 1. The van der Waals surface area contributed by atoms with Crippen LogP contribution in [0, 0.1) is 0 Å². The van der Waals surface area contributed by atoms with Gasteiger partial charge in [0.2, 0.25) is 0 Å². The Morgan fingerprint density at radius 1 is 1.17 bits per heavy atom. The van der Waals surface area contributed by atoms with Crippen LogP contribution in [0.2, 0.25) is 0 Å². The molecule has 2 aliphatic heterocycles. The molecule has 0 saturated carbocycles. The van der Waals surface area contributed by atoms with Gasteiger partial charge in [-0.1, -0.05) is 45.0 Å². The third kappa shape index (κ3) is 4.36. The summed E-state index contributed by atoms with van der Waals surface area (Å²) in [4.78, 5) is 18.8. The van der Waals surface area contributed by atoms with Crippen LogP contribution < -0.4 is 5.32 Å². The first-order chi connectivity index (χ1) is 14.1. The van der Waals surface area contributed by atoms with Crippen LogP contribution in [0.25, 0.3) is 11.3 Å². The van der Waals surface area contributed by atoms with Crippen molar-refractivity contribution in [2.75, 3.05) is 17.6 Å². The van der Waals surface area contributed by atoms with Gasteiger partial charge < -0.3 is 4.90 Å². The number of carbonyl (C=O) groups is 1. The van der Waals surface area contributed by atoms with Gasteiger partial charge in [-0.3, -0.25) is 10.1 Å². The van der Waals surface area contributed by atoms with Crippen LogP contribution >= 0.6 is 11.3 Å². The predicted octanol–water partition coefficient (Wildman–Crippen LogP) is 3.54. The van der Waals surface area contributed by atoms with Crippen LogP contribution in [-0.4, -0.2) is 42.3 Å². The molecule has 0 unspecified atom stereocenters. The van der Waals surface area contributed by atoms with E-state index < -0.39 is 10.0 Å². The Balaban J connectivity index is 1.46. The Bertz CT molecular complexity index is 1180. The summed E-state index contributed by atoms with van der Waals surface area (Å²) in [6.07, 6.45) is 4.71. The highest BCUT2D eigenvalue weighted by Gasteiger charge is 2.25. The Morgan fingerprint density at radius 2 is 1.90 bits per heavy atom. The smallest absolute Gasteiger partial charge is 0.258 e. The summed E-state index contributed by atoms with van der Waals surface area (Å²) in [5.41, 5.74) is 3.55. The number of rotatable bonds is 3. The number of thiazole rings is 1. The topological polar surface area (TPSA) is 91.7 Å². The monoisotopic (exact) mass is 442 g/mol. The van der Waals surface area contributed by atoms with E-state index in [-0.39, 0.29) is 23.6 Å². The average molecular weight is 443 g/mol. The molecule has 4 rings (SSSR count). The van der Waals surface area contributed by atoms with E-state index in [4.69, 9.17) is 0 Å². The Morgan fingerprint density at radius 3 is 2.60 bits per heavy atom. The number of nitrogens with one attached hydrogen (secondary N) is 1. The van der Waals surface area contributed by atoms with Gasteiger partial charge in [-0.05, 0) is 23.1 Å². The van der Waals surface area contributed by atoms with E-state index in [1.54, 1.807) is 17.2 Å². The lowest BCUT2D eigenvalue weighted by molar-refractivity contribution is -0.112. The third-order valence-electron chi connectivity index (χ3n) is 4.86. The maximum absolute atomic E-state index is 12.6. The first-order valence-electron chi connectivity index (χ1n) is 9.48. The van der Waals surface area contributed by atoms with Crippen LogP contribution in [0.3, 0.4) is 0 Å². The second-order valence-corrected chi connectivity index (χ2v) is 10.8. The van der Waals surface area contributed by atoms with E-state index in [0.717, 1.165) is 11.3 Å². The summed E-state index contributed by atoms with van der Waals surface area (Å²) >= 11 is 1.36. The lowest BCUT2D eigenvalue weighted by atomic mass is 9.86. The van der Waals surface area contributed by atoms with Crippen molar-refractivity contribution in [1.82, 2.24) is 9.88 Å². The zero-order chi connectivity index (χ0) is 21.5. The van der Waals surface area contributed by atoms with Crippen molar-refractivity contribution in [2.45, 2.75) is 26.2 Å². The minimum Gasteiger partial charge on any atom is -0.330 e. The molecule has 0 spiro atoms. The molecule has 30 heavy (non-hydrogen) atoms. The molecule has 7 nitrogen and oxygen atoms in total. The number of benzene rings is 1. The quantitative estimate of drug-likeness (QED) is 0.785. The van der Waals surface area contributed by atoms with E-state index >= 15 is 0 Å². The van der Waals surface area contributed by atoms with Crippen LogP contribution in [-0.2, 0) is 20.2 Å². The molecule has 1 N–H and O–H groups in total. The largest absolute Gasteiger partial charge is 0.330 e. The van der Waals surface area contributed by atoms with Crippen molar-refractivity contribution in [3.63, 3.8) is 0 Å². The van der Waals surface area contributed by atoms with E-state index in [2.05, 4.69) is 47.6 Å². The second-order valence-electron chi connectivity index (χ2n) is 8.17. The van der Waals surface area contributed by atoms with Gasteiger partial charge in [0.25, 0.3) is 15.9 Å². The van der Waals surface area contributed by atoms with Gasteiger partial charge in [0.1, 0.15) is 5.84 Å². The van der Waals surface area contributed by atoms with Crippen molar-refractivity contribution in [1.29, 1.82) is 0 Å². The summed E-state index contributed by atoms with van der Waals surface area (Å²) in [7, 11) is -3.42. The fourth-order valence-electron chi connectivity index (χ4n) is 3.11. The number of hydrogen-bond acceptors (Lipinski definition) is 6. The van der Waals surface area contributed by atoms with Gasteiger partial charge in [-0.2, -0.15) is 0 Å². The van der Waals surface area contributed by atoms with E-state index in [1.165, 1.54) is 23.0 Å². The van der Waals surface area contributed by atoms with E-state index in [9.17, 15) is 13.2 Å². The third-order valence-corrected chi connectivity index (χ3v) is 6.78. The normalized spacial score (nSPS) is 17.8. The van der Waals surface area contributed by atoms with Crippen molar-refractivity contribution in [3.8, 4) is 11.3 Å². The van der Waals surface area contributed by atoms with Crippen molar-refractivity contribution in [2.24, 2.45) is 4.40 Å². The molecule has 0 radical (unpaired) electrons. The van der Waals surface area contributed by atoms with Crippen LogP contribution in [0.15, 0.2) is 58.0 Å². The fourth-order valence-corrected chi connectivity index (χ4v) is 4.79. The van der Waals surface area contributed by atoms with E-state index in [0.29, 0.717) is 16.5 Å². The molecule has 9 heteroatoms. The first-order valence-corrected chi connectivity index (χ1v) is 12.0. The minimum atomic E-state index is -3.42. The Hall–Kier alpha value is -2.78. The number of anilines is 1. The summed E-state index contributed by atoms with van der Waals surface area (Å²) in [5.74, 6) is -0.0460. The summed E-state index contributed by atoms with van der Waals surface area (Å²) < 4.78 is 26.9. The molecule has 0 atom stereocenters. The number of amides is 1. The molecule has 1 aromatic carbocycles. The minimum absolute atomic E-state index is 0.0699. The van der Waals surface area contributed by atoms with Crippen LogP contribution in [0.1, 0.15) is 26.3 Å². The summed E-state index contributed by atoms with van der Waals surface area (Å²) in [6.45, 7) is 6.79. The highest BCUT2D eigenvalue weighted by molar-refractivity contribution is 7.90. The molecule has 2 aromatic rings. The second kappa shape index (κ2) is 7.48. The van der Waals surface area contributed by atoms with Gasteiger partial charge in [0.15, 0.2) is 5.13 Å². The predicted molar refractivity (Wildman–Crippen MR) is 120 cm³/mol. The SMILES string of the molecule is CC(C)(C)c1ccc(-c2csc(NC(=O)C3=CN4CCS(=O)(=O)N=C4C=C3)n2)cc1. The van der Waals surface area contributed by atoms with E-state index in [1.807, 2.05) is 17.5 Å². The number of fused-ring (bicyclic) bond motifs is 1. The van der Waals surface area contributed by atoms with Crippen molar-refractivity contribution < 1.29 is 13.2 Å². The Kier molecular flexibility index (Phi) is 5.11. The van der Waals surface area contributed by atoms with Gasteiger partial charge in [0, 0.05) is 23.7 Å². The van der Waals surface area contributed by atoms with Crippen LogP contribution in [0.5, 0.6) is 0 Å². The maximum Gasteiger partial charge on any atom is 0.258 e. The molecule has 1 amide bonds. The molecule has 0 aliphatic carbocycles. The van der Waals surface area contributed by atoms with Crippen LogP contribution in [0.4, 0.5) is 5.13 Å². The zero-order valence-electron chi connectivity index (χ0n) is 16.9. The van der Waals surface area contributed by atoms with Gasteiger partial charge >= 0.3 is 0 Å². The first kappa shape index (κ1) is 20.5. The zero-order valence-corrected chi connectivity index (χ0v) is 18.5. The highest BCUT2D eigenvalue weighted by Crippen LogP contribution is 2.28. The molecule has 0 saturated heterocycles. The molecular formula is C21H22N4O3S2. The van der Waals surface area contributed by atoms with Gasteiger partial charge in [0.05, 0.1) is 17.0 Å². The Labute approximate surface area is 179 Å². The molecular weight excluding hydrogens is 420 g/mol. The maximum atomic E-state index is 12.6. The number of aromatic nitrogens is 1. The summed E-state index contributed by atoms with van der Waals surface area (Å²) in [6, 6.07) is 8.28. The number of carbonyl (C=O) groups excluding carboxylic acids is 1. The van der Waals surface area contributed by atoms with Gasteiger partial charge in [-0.15, -0.1) is 15.7 Å². The van der Waals surface area contributed by atoms with Crippen molar-refractivity contribution in [3.05, 3.63) is 59.1 Å². The molecule has 0 fully saturated rings. The van der Waals surface area contributed by atoms with Crippen molar-refractivity contribution >= 4 is 38.2 Å². The molecule has 3 heterocycles. The van der Waals surface area contributed by atoms with Gasteiger partial charge in [-0.25, -0.2) is 13.4 Å². The number of amidine groups is 1.